The van der Waals surface area contributed by atoms with Crippen LogP contribution >= 0.6 is 11.6 Å². The first kappa shape index (κ1) is 27.8. The van der Waals surface area contributed by atoms with E-state index in [1.54, 1.807) is 12.1 Å². The van der Waals surface area contributed by atoms with Gasteiger partial charge in [0.25, 0.3) is 11.8 Å². The molecular weight excluding hydrogens is 498 g/mol. The summed E-state index contributed by atoms with van der Waals surface area (Å²) < 4.78 is 0. The zero-order chi connectivity index (χ0) is 27.8. The van der Waals surface area contributed by atoms with Gasteiger partial charge in [-0.15, -0.1) is 0 Å². The number of nitrogens with zero attached hydrogens (tertiary/aromatic N) is 2. The summed E-state index contributed by atoms with van der Waals surface area (Å²) in [5, 5.41) is 10.5. The number of amidine groups is 1. The van der Waals surface area contributed by atoms with Crippen molar-refractivity contribution in [3.05, 3.63) is 69.7 Å². The molecule has 0 bridgehead atoms. The van der Waals surface area contributed by atoms with Crippen LogP contribution in [0.4, 0.5) is 0 Å². The predicted octanol–water partition coefficient (Wildman–Crippen LogP) is 5.64. The van der Waals surface area contributed by atoms with Gasteiger partial charge in [-0.2, -0.15) is 0 Å². The molecule has 38 heavy (non-hydrogen) atoms. The first-order valence-corrected chi connectivity index (χ1v) is 13.6. The Morgan fingerprint density at radius 1 is 1.21 bits per heavy atom. The number of rotatable bonds is 6. The van der Waals surface area contributed by atoms with Crippen LogP contribution in [0.1, 0.15) is 86.5 Å². The van der Waals surface area contributed by atoms with Crippen LogP contribution < -0.4 is 11.1 Å². The number of aliphatic imine (C=N–C) groups is 1. The van der Waals surface area contributed by atoms with Crippen LogP contribution in [0.15, 0.2) is 47.5 Å². The van der Waals surface area contributed by atoms with Crippen LogP contribution in [0, 0.1) is 23.7 Å². The summed E-state index contributed by atoms with van der Waals surface area (Å²) in [5.74, 6) is 0.0846. The number of hydrogen-bond acceptors (Lipinski definition) is 4. The fraction of sp³-hybridized carbons (Fsp3) is 0.467. The molecule has 1 fully saturated rings. The lowest BCUT2D eigenvalue weighted by Crippen LogP contribution is -2.50. The molecule has 0 radical (unpaired) electrons. The Kier molecular flexibility index (Phi) is 7.71. The molecule has 8 heteroatoms. The van der Waals surface area contributed by atoms with Gasteiger partial charge in [0.2, 0.25) is 0 Å². The smallest absolute Gasteiger partial charge is 0.275 e. The molecule has 1 saturated carbocycles. The zero-order valence-corrected chi connectivity index (χ0v) is 23.7. The molecule has 1 aliphatic heterocycles. The topological polar surface area (TPSA) is 112 Å². The van der Waals surface area contributed by atoms with Gasteiger partial charge in [0.15, 0.2) is 0 Å². The molecule has 2 amide bonds. The van der Waals surface area contributed by atoms with E-state index < -0.39 is 5.66 Å². The normalized spacial score (nSPS) is 22.4. The van der Waals surface area contributed by atoms with Gasteiger partial charge in [0.05, 0.1) is 12.6 Å². The summed E-state index contributed by atoms with van der Waals surface area (Å²) in [7, 11) is 0. The molecule has 1 unspecified atom stereocenters. The van der Waals surface area contributed by atoms with Crippen LogP contribution in [-0.4, -0.2) is 40.5 Å². The minimum Gasteiger partial charge on any atom is -0.386 e. The maximum atomic E-state index is 14.1. The summed E-state index contributed by atoms with van der Waals surface area (Å²) in [6.45, 7) is 10.9. The van der Waals surface area contributed by atoms with Gasteiger partial charge in [-0.25, -0.2) is 0 Å². The lowest BCUT2D eigenvalue weighted by atomic mass is 9.69. The molecule has 202 valence electrons. The zero-order valence-electron chi connectivity index (χ0n) is 22.9. The van der Waals surface area contributed by atoms with E-state index in [2.05, 4.69) is 26.1 Å². The number of aryl methyl sites for hydroxylation is 1. The number of carbonyl (C=O) groups is 2. The third-order valence-electron chi connectivity index (χ3n) is 8.00. The van der Waals surface area contributed by atoms with Gasteiger partial charge in [-0.1, -0.05) is 44.5 Å². The van der Waals surface area contributed by atoms with E-state index in [1.165, 1.54) is 0 Å². The highest BCUT2D eigenvalue weighted by Gasteiger charge is 2.52. The maximum Gasteiger partial charge on any atom is 0.275 e. The maximum absolute atomic E-state index is 14.1. The van der Waals surface area contributed by atoms with E-state index in [4.69, 9.17) is 27.7 Å². The summed E-state index contributed by atoms with van der Waals surface area (Å²) in [4.78, 5) is 33.6. The standard InChI is InChI=1S/C30H38ClN5O2/c1-18-14-22(16-24(31)15-18)26-28(38)36(30(35-26)12-10-23(11-13-30)29(3,4)5)19(2)20-6-8-21(9-7-20)27(37)34-17-25(32)33/h6-9,14-16,19,23H,10-13,17H2,1-5H3,(H3,32,33)(H,34,37). The first-order valence-electron chi connectivity index (χ1n) is 13.2. The minimum absolute atomic E-state index is 0.000436. The van der Waals surface area contributed by atoms with Crippen molar-refractivity contribution in [1.82, 2.24) is 10.2 Å². The van der Waals surface area contributed by atoms with Gasteiger partial charge in [-0.3, -0.25) is 20.0 Å². The van der Waals surface area contributed by atoms with Crippen molar-refractivity contribution in [2.75, 3.05) is 6.54 Å². The van der Waals surface area contributed by atoms with E-state index in [9.17, 15) is 9.59 Å². The van der Waals surface area contributed by atoms with Crippen molar-refractivity contribution in [2.24, 2.45) is 22.1 Å². The third-order valence-corrected chi connectivity index (χ3v) is 8.22. The molecule has 1 heterocycles. The van der Waals surface area contributed by atoms with Crippen LogP contribution in [0.25, 0.3) is 0 Å². The number of nitrogens with one attached hydrogen (secondary N) is 2. The summed E-state index contributed by atoms with van der Waals surface area (Å²) in [6, 6.07) is 12.7. The van der Waals surface area contributed by atoms with Gasteiger partial charge in [0.1, 0.15) is 17.2 Å². The number of nitrogens with two attached hydrogens (primary N) is 1. The van der Waals surface area contributed by atoms with Crippen molar-refractivity contribution < 1.29 is 9.59 Å². The summed E-state index contributed by atoms with van der Waals surface area (Å²) in [6.07, 6.45) is 3.61. The van der Waals surface area contributed by atoms with E-state index in [0.717, 1.165) is 42.4 Å². The van der Waals surface area contributed by atoms with E-state index in [-0.39, 0.29) is 35.7 Å². The average Bonchev–Trinajstić information content (AvgIpc) is 3.12. The monoisotopic (exact) mass is 535 g/mol. The summed E-state index contributed by atoms with van der Waals surface area (Å²) in [5.41, 5.74) is 8.55. The predicted molar refractivity (Wildman–Crippen MR) is 153 cm³/mol. The highest BCUT2D eigenvalue weighted by atomic mass is 35.5. The van der Waals surface area contributed by atoms with Crippen molar-refractivity contribution in [2.45, 2.75) is 72.0 Å². The van der Waals surface area contributed by atoms with E-state index in [0.29, 0.717) is 22.2 Å². The second-order valence-corrected chi connectivity index (χ2v) is 12.2. The number of hydrogen-bond donors (Lipinski definition) is 3. The third kappa shape index (κ3) is 5.63. The molecule has 4 rings (SSSR count). The Morgan fingerprint density at radius 2 is 1.84 bits per heavy atom. The van der Waals surface area contributed by atoms with E-state index in [1.807, 2.05) is 49.1 Å². The molecule has 2 aromatic carbocycles. The van der Waals surface area contributed by atoms with Gasteiger partial charge >= 0.3 is 0 Å². The fourth-order valence-electron chi connectivity index (χ4n) is 5.85. The second kappa shape index (κ2) is 10.5. The summed E-state index contributed by atoms with van der Waals surface area (Å²) >= 11 is 6.37. The Labute approximate surface area is 230 Å². The van der Waals surface area contributed by atoms with Crippen LogP contribution in [0.2, 0.25) is 5.02 Å². The number of amides is 2. The van der Waals surface area contributed by atoms with Crippen LogP contribution in [-0.2, 0) is 4.79 Å². The first-order chi connectivity index (χ1) is 17.8. The number of carbonyl (C=O) groups excluding carboxylic acids is 2. The molecule has 0 aromatic heterocycles. The van der Waals surface area contributed by atoms with Crippen LogP contribution in [0.3, 0.4) is 0 Å². The van der Waals surface area contributed by atoms with Gasteiger partial charge in [0, 0.05) is 16.1 Å². The lowest BCUT2D eigenvalue weighted by molar-refractivity contribution is -0.132. The lowest BCUT2D eigenvalue weighted by Gasteiger charge is -2.46. The molecule has 0 saturated heterocycles. The van der Waals surface area contributed by atoms with Gasteiger partial charge < -0.3 is 16.0 Å². The van der Waals surface area contributed by atoms with Crippen molar-refractivity contribution in [1.29, 1.82) is 5.41 Å². The molecular formula is C30H38ClN5O2. The second-order valence-electron chi connectivity index (χ2n) is 11.8. The Balaban J connectivity index is 1.66. The largest absolute Gasteiger partial charge is 0.386 e. The minimum atomic E-state index is -0.610. The molecule has 2 aliphatic rings. The van der Waals surface area contributed by atoms with E-state index >= 15 is 0 Å². The number of halogens is 1. The molecule has 4 N–H and O–H groups in total. The van der Waals surface area contributed by atoms with Crippen molar-refractivity contribution >= 4 is 35.0 Å². The van der Waals surface area contributed by atoms with Gasteiger partial charge in [-0.05, 0) is 92.3 Å². The Hall–Kier alpha value is -3.19. The number of benzene rings is 2. The highest BCUT2D eigenvalue weighted by Crippen LogP contribution is 2.49. The Bertz CT molecular complexity index is 1250. The fourth-order valence-corrected chi connectivity index (χ4v) is 6.14. The van der Waals surface area contributed by atoms with Crippen LogP contribution in [0.5, 0.6) is 0 Å². The quantitative estimate of drug-likeness (QED) is 0.328. The SMILES string of the molecule is Cc1cc(Cl)cc(C2=NC3(CCC(C(C)(C)C)CC3)N(C(C)c3ccc(C(=O)NCC(=N)N)cc3)C2=O)c1. The van der Waals surface area contributed by atoms with Crippen molar-refractivity contribution in [3.8, 4) is 0 Å². The molecule has 7 nitrogen and oxygen atoms in total. The Morgan fingerprint density at radius 3 is 2.39 bits per heavy atom. The average molecular weight is 536 g/mol. The molecule has 1 aliphatic carbocycles. The molecule has 1 spiro atoms. The molecule has 1 atom stereocenters. The van der Waals surface area contributed by atoms with Crippen molar-refractivity contribution in [3.63, 3.8) is 0 Å². The molecule has 2 aromatic rings. The highest BCUT2D eigenvalue weighted by molar-refractivity contribution is 6.47.